The lowest BCUT2D eigenvalue weighted by Gasteiger charge is -2.09. The second kappa shape index (κ2) is 8.09. The van der Waals surface area contributed by atoms with Crippen molar-refractivity contribution >= 4 is 38.8 Å². The highest BCUT2D eigenvalue weighted by Gasteiger charge is 2.13. The molecule has 2 aromatic rings. The van der Waals surface area contributed by atoms with Crippen LogP contribution < -0.4 is 15.5 Å². The summed E-state index contributed by atoms with van der Waals surface area (Å²) in [5.41, 5.74) is 5.77. The normalized spacial score (nSPS) is 11.7. The summed E-state index contributed by atoms with van der Waals surface area (Å²) in [5, 5.41) is 7.33. The fourth-order valence-electron chi connectivity index (χ4n) is 1.97. The number of anilines is 1. The lowest BCUT2D eigenvalue weighted by Crippen LogP contribution is -2.29. The highest BCUT2D eigenvalue weighted by Crippen LogP contribution is 2.17. The molecular weight excluding hydrogens is 356 g/mol. The van der Waals surface area contributed by atoms with E-state index in [-0.39, 0.29) is 4.90 Å². The molecule has 8 heteroatoms. The van der Waals surface area contributed by atoms with Gasteiger partial charge in [0, 0.05) is 12.7 Å². The summed E-state index contributed by atoms with van der Waals surface area (Å²) in [6, 6.07) is 13.7. The monoisotopic (exact) mass is 376 g/mol. The fourth-order valence-corrected chi connectivity index (χ4v) is 3.07. The molecule has 0 aromatic heterocycles. The molecule has 0 atom stereocenters. The molecule has 0 aliphatic carbocycles. The van der Waals surface area contributed by atoms with Crippen LogP contribution in [0.5, 0.6) is 0 Å². The summed E-state index contributed by atoms with van der Waals surface area (Å²) >= 11 is 4.95. The van der Waals surface area contributed by atoms with Gasteiger partial charge in [0.05, 0.1) is 10.6 Å². The molecule has 3 N–H and O–H groups in total. The number of nitrogens with one attached hydrogen (secondary N) is 3. The molecule has 0 aliphatic heterocycles. The van der Waals surface area contributed by atoms with Crippen molar-refractivity contribution in [3.8, 4) is 0 Å². The van der Waals surface area contributed by atoms with E-state index in [2.05, 4.69) is 20.6 Å². The van der Waals surface area contributed by atoms with Crippen LogP contribution >= 0.6 is 12.2 Å². The number of hydrogen-bond donors (Lipinski definition) is 3. The van der Waals surface area contributed by atoms with E-state index in [1.807, 2.05) is 13.8 Å². The highest BCUT2D eigenvalue weighted by molar-refractivity contribution is 7.92. The van der Waals surface area contributed by atoms with Gasteiger partial charge in [0.15, 0.2) is 5.11 Å². The number of benzene rings is 2. The molecule has 0 radical (unpaired) electrons. The SMILES string of the molecule is CNC(=S)N/N=C(\C)c1ccc(NS(=O)(=O)c2ccc(C)cc2)cc1. The van der Waals surface area contributed by atoms with Crippen LogP contribution in [-0.2, 0) is 10.0 Å². The van der Waals surface area contributed by atoms with Crippen LogP contribution in [0.25, 0.3) is 0 Å². The molecule has 0 bridgehead atoms. The molecule has 6 nitrogen and oxygen atoms in total. The molecular formula is C17H20N4O2S2. The van der Waals surface area contributed by atoms with Crippen LogP contribution in [0, 0.1) is 6.92 Å². The van der Waals surface area contributed by atoms with Crippen molar-refractivity contribution in [1.29, 1.82) is 0 Å². The van der Waals surface area contributed by atoms with Gasteiger partial charge in [0.1, 0.15) is 0 Å². The van der Waals surface area contributed by atoms with Crippen LogP contribution in [0.4, 0.5) is 5.69 Å². The third-order valence-corrected chi connectivity index (χ3v) is 5.13. The minimum Gasteiger partial charge on any atom is -0.364 e. The van der Waals surface area contributed by atoms with E-state index in [1.54, 1.807) is 55.6 Å². The summed E-state index contributed by atoms with van der Waals surface area (Å²) in [5.74, 6) is 0. The van der Waals surface area contributed by atoms with E-state index in [0.29, 0.717) is 10.8 Å². The minimum absolute atomic E-state index is 0.227. The van der Waals surface area contributed by atoms with Gasteiger partial charge < -0.3 is 5.32 Å². The maximum Gasteiger partial charge on any atom is 0.261 e. The smallest absolute Gasteiger partial charge is 0.261 e. The Kier molecular flexibility index (Phi) is 6.11. The van der Waals surface area contributed by atoms with Crippen LogP contribution in [0.2, 0.25) is 0 Å². The Balaban J connectivity index is 2.12. The summed E-state index contributed by atoms with van der Waals surface area (Å²) in [6.45, 7) is 3.74. The van der Waals surface area contributed by atoms with Crippen LogP contribution in [0.15, 0.2) is 58.5 Å². The number of nitrogens with zero attached hydrogens (tertiary/aromatic N) is 1. The third kappa shape index (κ3) is 5.27. The molecule has 2 aromatic carbocycles. The number of hydrogen-bond acceptors (Lipinski definition) is 4. The Morgan fingerprint density at radius 2 is 1.64 bits per heavy atom. The van der Waals surface area contributed by atoms with Crippen LogP contribution in [-0.4, -0.2) is 26.3 Å². The van der Waals surface area contributed by atoms with Crippen molar-refractivity contribution in [2.75, 3.05) is 11.8 Å². The molecule has 0 spiro atoms. The summed E-state index contributed by atoms with van der Waals surface area (Å²) < 4.78 is 27.3. The lowest BCUT2D eigenvalue weighted by atomic mass is 10.1. The van der Waals surface area contributed by atoms with E-state index in [4.69, 9.17) is 12.2 Å². The zero-order chi connectivity index (χ0) is 18.4. The maximum absolute atomic E-state index is 12.4. The topological polar surface area (TPSA) is 82.6 Å². The Labute approximate surface area is 153 Å². The molecule has 0 aliphatic rings. The van der Waals surface area contributed by atoms with Crippen LogP contribution in [0.3, 0.4) is 0 Å². The van der Waals surface area contributed by atoms with Crippen molar-refractivity contribution in [2.45, 2.75) is 18.7 Å². The number of rotatable bonds is 5. The van der Waals surface area contributed by atoms with Crippen molar-refractivity contribution < 1.29 is 8.42 Å². The van der Waals surface area contributed by atoms with Crippen molar-refractivity contribution in [1.82, 2.24) is 10.7 Å². The van der Waals surface area contributed by atoms with Gasteiger partial charge >= 0.3 is 0 Å². The molecule has 0 unspecified atom stereocenters. The Morgan fingerprint density at radius 1 is 1.04 bits per heavy atom. The molecule has 0 heterocycles. The second-order valence-corrected chi connectivity index (χ2v) is 7.47. The van der Waals surface area contributed by atoms with Gasteiger partial charge in [-0.1, -0.05) is 29.8 Å². The predicted octanol–water partition coefficient (Wildman–Crippen LogP) is 2.61. The highest BCUT2D eigenvalue weighted by atomic mass is 32.2. The van der Waals surface area contributed by atoms with Gasteiger partial charge in [-0.3, -0.25) is 10.1 Å². The standard InChI is InChI=1S/C17H20N4O2S2/c1-12-4-10-16(11-5-12)25(22,23)21-15-8-6-14(7-9-15)13(2)19-20-17(24)18-3/h4-11,21H,1-3H3,(H2,18,20,24)/b19-13+. The van der Waals surface area contributed by atoms with E-state index in [1.165, 1.54) is 0 Å². The maximum atomic E-state index is 12.4. The van der Waals surface area contributed by atoms with Gasteiger partial charge in [-0.15, -0.1) is 0 Å². The quantitative estimate of drug-likeness (QED) is 0.424. The molecule has 0 amide bonds. The van der Waals surface area contributed by atoms with Gasteiger partial charge in [-0.25, -0.2) is 8.42 Å². The molecule has 132 valence electrons. The van der Waals surface area contributed by atoms with E-state index in [0.717, 1.165) is 16.8 Å². The van der Waals surface area contributed by atoms with Gasteiger partial charge in [0.2, 0.25) is 0 Å². The Hall–Kier alpha value is -2.45. The first kappa shape index (κ1) is 18.9. The van der Waals surface area contributed by atoms with Crippen molar-refractivity contribution in [2.24, 2.45) is 5.10 Å². The third-order valence-electron chi connectivity index (χ3n) is 3.44. The van der Waals surface area contributed by atoms with E-state index in [9.17, 15) is 8.42 Å². The molecule has 25 heavy (non-hydrogen) atoms. The van der Waals surface area contributed by atoms with Gasteiger partial charge in [-0.2, -0.15) is 5.10 Å². The van der Waals surface area contributed by atoms with Crippen molar-refractivity contribution in [3.05, 3.63) is 59.7 Å². The van der Waals surface area contributed by atoms with Crippen LogP contribution in [0.1, 0.15) is 18.1 Å². The minimum atomic E-state index is -3.61. The predicted molar refractivity (Wildman–Crippen MR) is 105 cm³/mol. The first-order chi connectivity index (χ1) is 11.8. The molecule has 0 saturated carbocycles. The van der Waals surface area contributed by atoms with E-state index >= 15 is 0 Å². The number of sulfonamides is 1. The molecule has 0 fully saturated rings. The number of hydrazone groups is 1. The molecule has 0 saturated heterocycles. The first-order valence-electron chi connectivity index (χ1n) is 7.54. The average molecular weight is 377 g/mol. The molecule has 2 rings (SSSR count). The largest absolute Gasteiger partial charge is 0.364 e. The van der Waals surface area contributed by atoms with Crippen molar-refractivity contribution in [3.63, 3.8) is 0 Å². The average Bonchev–Trinajstić information content (AvgIpc) is 2.60. The second-order valence-electron chi connectivity index (χ2n) is 5.38. The first-order valence-corrected chi connectivity index (χ1v) is 9.43. The number of aryl methyl sites for hydroxylation is 1. The van der Waals surface area contributed by atoms with E-state index < -0.39 is 10.0 Å². The zero-order valence-electron chi connectivity index (χ0n) is 14.2. The van der Waals surface area contributed by atoms with Gasteiger partial charge in [-0.05, 0) is 55.9 Å². The Bertz CT molecular complexity index is 874. The summed E-state index contributed by atoms with van der Waals surface area (Å²) in [7, 11) is -1.90. The Morgan fingerprint density at radius 3 is 2.20 bits per heavy atom. The van der Waals surface area contributed by atoms with Gasteiger partial charge in [0.25, 0.3) is 10.0 Å². The number of thiocarbonyl (C=S) groups is 1. The summed E-state index contributed by atoms with van der Waals surface area (Å²) in [4.78, 5) is 0.227. The lowest BCUT2D eigenvalue weighted by molar-refractivity contribution is 0.601. The zero-order valence-corrected chi connectivity index (χ0v) is 15.8. The fraction of sp³-hybridized carbons (Fsp3) is 0.176. The summed E-state index contributed by atoms with van der Waals surface area (Å²) in [6.07, 6.45) is 0.